The van der Waals surface area contributed by atoms with Crippen molar-refractivity contribution in [2.24, 2.45) is 0 Å². The molecule has 1 aliphatic rings. The molecule has 1 saturated carbocycles. The highest BCUT2D eigenvalue weighted by Crippen LogP contribution is 2.33. The molecule has 6 nitrogen and oxygen atoms in total. The summed E-state index contributed by atoms with van der Waals surface area (Å²) in [5, 5.41) is 2.92. The second-order valence-electron chi connectivity index (χ2n) is 6.87. The summed E-state index contributed by atoms with van der Waals surface area (Å²) in [6.45, 7) is -1.55. The number of carbonyl (C=O) groups excluding carboxylic acids is 2. The normalized spacial score (nSPS) is 16.3. The van der Waals surface area contributed by atoms with Gasteiger partial charge in [-0.25, -0.2) is 4.79 Å². The number of ether oxygens (including phenoxy) is 3. The van der Waals surface area contributed by atoms with Crippen LogP contribution in [0, 0.1) is 0 Å². The summed E-state index contributed by atoms with van der Waals surface area (Å²) in [6, 6.07) is 4.64. The molecule has 8 heteroatoms. The Kier molecular flexibility index (Phi) is 8.89. The van der Waals surface area contributed by atoms with Gasteiger partial charge >= 0.3 is 12.6 Å². The van der Waals surface area contributed by atoms with Gasteiger partial charge in [0.05, 0.1) is 7.11 Å². The summed E-state index contributed by atoms with van der Waals surface area (Å²) in [5.41, 5.74) is 0.220. The van der Waals surface area contributed by atoms with Crippen molar-refractivity contribution in [3.8, 4) is 11.5 Å². The average Bonchev–Trinajstić information content (AvgIpc) is 2.95. The lowest BCUT2D eigenvalue weighted by atomic mass is 10.1. The maximum Gasteiger partial charge on any atom is 0.387 e. The molecule has 1 fully saturated rings. The Hall–Kier alpha value is -2.64. The molecular formula is C21H27F2NO5. The number of para-hydroxylation sites is 1. The predicted molar refractivity (Wildman–Crippen MR) is 104 cm³/mol. The number of alkyl halides is 2. The monoisotopic (exact) mass is 411 g/mol. The molecule has 0 aromatic heterocycles. The molecule has 0 saturated heterocycles. The molecule has 0 unspecified atom stereocenters. The highest BCUT2D eigenvalue weighted by Gasteiger charge is 2.21. The lowest BCUT2D eigenvalue weighted by molar-refractivity contribution is -0.150. The molecule has 1 amide bonds. The Morgan fingerprint density at radius 3 is 2.48 bits per heavy atom. The van der Waals surface area contributed by atoms with Crippen molar-refractivity contribution in [3.05, 3.63) is 29.8 Å². The number of nitrogens with one attached hydrogen (secondary N) is 1. The van der Waals surface area contributed by atoms with Crippen molar-refractivity contribution < 1.29 is 32.6 Å². The lowest BCUT2D eigenvalue weighted by Gasteiger charge is -2.19. The highest BCUT2D eigenvalue weighted by molar-refractivity contribution is 5.90. The number of methoxy groups -OCH3 is 1. The van der Waals surface area contributed by atoms with E-state index >= 15 is 0 Å². The summed E-state index contributed by atoms with van der Waals surface area (Å²) >= 11 is 0. The third kappa shape index (κ3) is 7.36. The Morgan fingerprint density at radius 2 is 1.86 bits per heavy atom. The zero-order valence-electron chi connectivity index (χ0n) is 16.7. The summed E-state index contributed by atoms with van der Waals surface area (Å²) in [7, 11) is 1.32. The Labute approximate surface area is 169 Å². The molecule has 1 aliphatic carbocycles. The van der Waals surface area contributed by atoms with Crippen molar-refractivity contribution in [3.63, 3.8) is 0 Å². The number of hydrogen-bond donors (Lipinski definition) is 1. The molecule has 0 radical (unpaired) electrons. The first-order chi connectivity index (χ1) is 13.9. The maximum absolute atomic E-state index is 12.7. The number of hydrogen-bond acceptors (Lipinski definition) is 5. The summed E-state index contributed by atoms with van der Waals surface area (Å²) in [6.07, 6.45) is 7.71. The zero-order chi connectivity index (χ0) is 21.2. The van der Waals surface area contributed by atoms with E-state index in [0.717, 1.165) is 31.8 Å². The van der Waals surface area contributed by atoms with Crippen LogP contribution in [0.25, 0.3) is 6.08 Å². The number of carbonyl (C=O) groups is 2. The SMILES string of the molecule is COc1cccc(/C=C/C(=O)O[C@H](C)C(=O)NC2CCCCCC2)c1OC(F)F. The lowest BCUT2D eigenvalue weighted by Crippen LogP contribution is -2.41. The molecule has 160 valence electrons. The molecule has 0 spiro atoms. The van der Waals surface area contributed by atoms with Crippen LogP contribution in [0.3, 0.4) is 0 Å². The number of esters is 1. The molecule has 2 rings (SSSR count). The molecule has 0 heterocycles. The largest absolute Gasteiger partial charge is 0.493 e. The van der Waals surface area contributed by atoms with E-state index in [4.69, 9.17) is 9.47 Å². The smallest absolute Gasteiger partial charge is 0.387 e. The Balaban J connectivity index is 1.95. The number of benzene rings is 1. The van der Waals surface area contributed by atoms with Crippen molar-refractivity contribution in [2.45, 2.75) is 64.2 Å². The minimum atomic E-state index is -3.04. The zero-order valence-corrected chi connectivity index (χ0v) is 16.7. The van der Waals surface area contributed by atoms with Crippen LogP contribution >= 0.6 is 0 Å². The van der Waals surface area contributed by atoms with Gasteiger partial charge in [-0.15, -0.1) is 0 Å². The van der Waals surface area contributed by atoms with E-state index < -0.39 is 18.7 Å². The molecule has 1 atom stereocenters. The van der Waals surface area contributed by atoms with Crippen molar-refractivity contribution in [2.75, 3.05) is 7.11 Å². The van der Waals surface area contributed by atoms with Gasteiger partial charge in [0, 0.05) is 17.7 Å². The van der Waals surface area contributed by atoms with E-state index in [0.29, 0.717) is 0 Å². The van der Waals surface area contributed by atoms with Crippen LogP contribution in [0.2, 0.25) is 0 Å². The Morgan fingerprint density at radius 1 is 1.17 bits per heavy atom. The third-order valence-electron chi connectivity index (χ3n) is 4.70. The van der Waals surface area contributed by atoms with Gasteiger partial charge in [-0.3, -0.25) is 4.79 Å². The first-order valence-electron chi connectivity index (χ1n) is 9.71. The second kappa shape index (κ2) is 11.4. The van der Waals surface area contributed by atoms with E-state index in [1.54, 1.807) is 6.07 Å². The Bertz CT molecular complexity index is 715. The minimum absolute atomic E-state index is 0.104. The average molecular weight is 411 g/mol. The molecule has 1 aromatic carbocycles. The molecule has 29 heavy (non-hydrogen) atoms. The molecule has 1 aromatic rings. The van der Waals surface area contributed by atoms with E-state index in [1.165, 1.54) is 45.1 Å². The van der Waals surface area contributed by atoms with Gasteiger partial charge in [-0.2, -0.15) is 8.78 Å². The van der Waals surface area contributed by atoms with Crippen LogP contribution in [-0.4, -0.2) is 37.7 Å². The predicted octanol–water partition coefficient (Wildman–Crippen LogP) is 4.08. The molecule has 1 N–H and O–H groups in total. The standard InChI is InChI=1S/C21H27F2NO5/c1-14(20(26)24-16-9-5-3-4-6-10-16)28-18(25)13-12-15-8-7-11-17(27-2)19(15)29-21(22)23/h7-8,11-14,16,21H,3-6,9-10H2,1-2H3,(H,24,26)/b13-12+/t14-/m1/s1. The van der Waals surface area contributed by atoms with Crippen LogP contribution in [0.1, 0.15) is 51.0 Å². The first-order valence-corrected chi connectivity index (χ1v) is 9.71. The highest BCUT2D eigenvalue weighted by atomic mass is 19.3. The van der Waals surface area contributed by atoms with Crippen LogP contribution in [0.15, 0.2) is 24.3 Å². The fourth-order valence-corrected chi connectivity index (χ4v) is 3.21. The molecular weight excluding hydrogens is 384 g/mol. The number of rotatable bonds is 8. The van der Waals surface area contributed by atoms with Crippen molar-refractivity contribution >= 4 is 18.0 Å². The van der Waals surface area contributed by atoms with E-state index in [1.807, 2.05) is 0 Å². The fraction of sp³-hybridized carbons (Fsp3) is 0.524. The van der Waals surface area contributed by atoms with E-state index in [2.05, 4.69) is 10.1 Å². The van der Waals surface area contributed by atoms with Gasteiger partial charge in [-0.05, 0) is 31.9 Å². The summed E-state index contributed by atoms with van der Waals surface area (Å²) in [4.78, 5) is 24.3. The number of amides is 1. The number of halogens is 2. The van der Waals surface area contributed by atoms with Crippen LogP contribution < -0.4 is 14.8 Å². The van der Waals surface area contributed by atoms with Gasteiger partial charge in [0.2, 0.25) is 0 Å². The van der Waals surface area contributed by atoms with Crippen molar-refractivity contribution in [1.29, 1.82) is 0 Å². The topological polar surface area (TPSA) is 73.9 Å². The second-order valence-corrected chi connectivity index (χ2v) is 6.87. The molecule has 0 aliphatic heterocycles. The van der Waals surface area contributed by atoms with E-state index in [-0.39, 0.29) is 29.0 Å². The van der Waals surface area contributed by atoms with Crippen LogP contribution in [0.5, 0.6) is 11.5 Å². The maximum atomic E-state index is 12.7. The first kappa shape index (κ1) is 22.6. The van der Waals surface area contributed by atoms with Crippen LogP contribution in [-0.2, 0) is 14.3 Å². The van der Waals surface area contributed by atoms with Gasteiger partial charge in [0.15, 0.2) is 17.6 Å². The van der Waals surface area contributed by atoms with Gasteiger partial charge in [0.1, 0.15) is 0 Å². The van der Waals surface area contributed by atoms with Gasteiger partial charge < -0.3 is 19.5 Å². The summed E-state index contributed by atoms with van der Waals surface area (Å²) in [5.74, 6) is -1.19. The third-order valence-corrected chi connectivity index (χ3v) is 4.70. The van der Waals surface area contributed by atoms with E-state index in [9.17, 15) is 18.4 Å². The fourth-order valence-electron chi connectivity index (χ4n) is 3.21. The van der Waals surface area contributed by atoms with Gasteiger partial charge in [0.25, 0.3) is 5.91 Å². The minimum Gasteiger partial charge on any atom is -0.493 e. The van der Waals surface area contributed by atoms with Gasteiger partial charge in [-0.1, -0.05) is 37.8 Å². The molecule has 0 bridgehead atoms. The van der Waals surface area contributed by atoms with Crippen molar-refractivity contribution in [1.82, 2.24) is 5.32 Å². The quantitative estimate of drug-likeness (QED) is 0.396. The summed E-state index contributed by atoms with van der Waals surface area (Å²) < 4.78 is 39.9. The van der Waals surface area contributed by atoms with Crippen LogP contribution in [0.4, 0.5) is 8.78 Å².